The summed E-state index contributed by atoms with van der Waals surface area (Å²) in [5.41, 5.74) is 1.27. The maximum absolute atomic E-state index is 11.9. The first-order valence-corrected chi connectivity index (χ1v) is 5.61. The van der Waals surface area contributed by atoms with Gasteiger partial charge in [-0.05, 0) is 26.8 Å². The highest BCUT2D eigenvalue weighted by molar-refractivity contribution is 5.99. The van der Waals surface area contributed by atoms with Crippen LogP contribution in [0.5, 0.6) is 0 Å². The van der Waals surface area contributed by atoms with Crippen molar-refractivity contribution in [2.45, 2.75) is 26.8 Å². The third-order valence-corrected chi connectivity index (χ3v) is 2.74. The van der Waals surface area contributed by atoms with Crippen molar-refractivity contribution in [3.05, 3.63) is 23.5 Å². The summed E-state index contributed by atoms with van der Waals surface area (Å²) in [4.78, 5) is 22.2. The molecule has 0 fully saturated rings. The fourth-order valence-corrected chi connectivity index (χ4v) is 1.94. The number of fused-ring (bicyclic) bond motifs is 1. The largest absolute Gasteiger partial charge is 0.463 e. The lowest BCUT2D eigenvalue weighted by Gasteiger charge is -2.32. The van der Waals surface area contributed by atoms with Crippen LogP contribution < -0.4 is 0 Å². The number of hydrogen-bond acceptors (Lipinski definition) is 5. The summed E-state index contributed by atoms with van der Waals surface area (Å²) in [5.74, 6) is 0.314. The highest BCUT2D eigenvalue weighted by atomic mass is 16.5. The summed E-state index contributed by atoms with van der Waals surface area (Å²) >= 11 is 0. The van der Waals surface area contributed by atoms with Gasteiger partial charge >= 0.3 is 5.97 Å². The molecule has 0 aromatic heterocycles. The van der Waals surface area contributed by atoms with Crippen LogP contribution in [0.25, 0.3) is 0 Å². The van der Waals surface area contributed by atoms with Crippen molar-refractivity contribution in [2.24, 2.45) is 9.98 Å². The molecule has 2 heterocycles. The second kappa shape index (κ2) is 4.53. The Balaban J connectivity index is 2.37. The summed E-state index contributed by atoms with van der Waals surface area (Å²) in [6.45, 7) is 5.91. The van der Waals surface area contributed by atoms with E-state index in [1.807, 2.05) is 24.1 Å². The predicted molar refractivity (Wildman–Crippen MR) is 65.7 cm³/mol. The Morgan fingerprint density at radius 3 is 3.06 bits per heavy atom. The number of rotatable bonds is 2. The van der Waals surface area contributed by atoms with Crippen molar-refractivity contribution in [2.75, 3.05) is 6.61 Å². The molecule has 17 heavy (non-hydrogen) atoms. The van der Waals surface area contributed by atoms with E-state index in [2.05, 4.69) is 9.98 Å². The zero-order valence-electron chi connectivity index (χ0n) is 10.2. The number of nitrogens with zero attached hydrogens (tertiary/aromatic N) is 3. The van der Waals surface area contributed by atoms with Crippen LogP contribution in [0.15, 0.2) is 33.5 Å². The fraction of sp³-hybridized carbons (Fsp3) is 0.417. The number of ether oxygens (including phenoxy) is 1. The van der Waals surface area contributed by atoms with Gasteiger partial charge in [0.25, 0.3) is 0 Å². The molecule has 0 aliphatic carbocycles. The Hall–Kier alpha value is -1.91. The maximum atomic E-state index is 11.9. The van der Waals surface area contributed by atoms with Gasteiger partial charge in [-0.15, -0.1) is 0 Å². The molecule has 0 amide bonds. The van der Waals surface area contributed by atoms with Crippen molar-refractivity contribution >= 4 is 18.1 Å². The van der Waals surface area contributed by atoms with Crippen molar-refractivity contribution in [3.63, 3.8) is 0 Å². The van der Waals surface area contributed by atoms with Crippen LogP contribution in [-0.2, 0) is 9.53 Å². The quantitative estimate of drug-likeness (QED) is 0.679. The minimum atomic E-state index is -0.303. The second-order valence-corrected chi connectivity index (χ2v) is 3.83. The first-order valence-electron chi connectivity index (χ1n) is 5.61. The van der Waals surface area contributed by atoms with Gasteiger partial charge in [-0.3, -0.25) is 0 Å². The number of allylic oxidation sites excluding steroid dienone is 2. The van der Waals surface area contributed by atoms with Gasteiger partial charge in [0, 0.05) is 12.4 Å². The summed E-state index contributed by atoms with van der Waals surface area (Å²) in [7, 11) is 0. The molecule has 1 atom stereocenters. The predicted octanol–water partition coefficient (Wildman–Crippen LogP) is 1.48. The molecule has 0 aromatic carbocycles. The molecule has 0 radical (unpaired) electrons. The van der Waals surface area contributed by atoms with Gasteiger partial charge in [-0.25, -0.2) is 14.8 Å². The maximum Gasteiger partial charge on any atom is 0.337 e. The molecule has 0 saturated carbocycles. The number of carbonyl (C=O) groups is 1. The second-order valence-electron chi connectivity index (χ2n) is 3.83. The van der Waals surface area contributed by atoms with Crippen LogP contribution in [-0.4, -0.2) is 35.7 Å². The van der Waals surface area contributed by atoms with Crippen molar-refractivity contribution in [3.8, 4) is 0 Å². The van der Waals surface area contributed by atoms with Gasteiger partial charge in [0.15, 0.2) is 0 Å². The summed E-state index contributed by atoms with van der Waals surface area (Å²) < 4.78 is 5.05. The van der Waals surface area contributed by atoms with Crippen molar-refractivity contribution < 1.29 is 9.53 Å². The third-order valence-electron chi connectivity index (χ3n) is 2.74. The van der Waals surface area contributed by atoms with Gasteiger partial charge in [-0.2, -0.15) is 0 Å². The molecule has 5 heteroatoms. The Bertz CT molecular complexity index is 460. The van der Waals surface area contributed by atoms with E-state index in [9.17, 15) is 4.79 Å². The number of carbonyl (C=O) groups excluding carboxylic acids is 1. The lowest BCUT2D eigenvalue weighted by atomic mass is 10.0. The average Bonchev–Trinajstić information content (AvgIpc) is 2.29. The topological polar surface area (TPSA) is 54.3 Å². The van der Waals surface area contributed by atoms with Gasteiger partial charge in [-0.1, -0.05) is 0 Å². The van der Waals surface area contributed by atoms with Gasteiger partial charge < -0.3 is 9.64 Å². The third kappa shape index (κ3) is 2.00. The Kier molecular flexibility index (Phi) is 3.08. The minimum absolute atomic E-state index is 0.102. The van der Waals surface area contributed by atoms with Crippen molar-refractivity contribution in [1.29, 1.82) is 0 Å². The van der Waals surface area contributed by atoms with Crippen LogP contribution >= 0.6 is 0 Å². The highest BCUT2D eigenvalue weighted by Crippen LogP contribution is 2.25. The zero-order valence-corrected chi connectivity index (χ0v) is 10.2. The molecule has 0 aromatic rings. The smallest absolute Gasteiger partial charge is 0.337 e. The normalized spacial score (nSPS) is 22.4. The average molecular weight is 233 g/mol. The van der Waals surface area contributed by atoms with Gasteiger partial charge in [0.05, 0.1) is 23.9 Å². The molecule has 0 saturated heterocycles. The minimum Gasteiger partial charge on any atom is -0.463 e. The Morgan fingerprint density at radius 1 is 1.59 bits per heavy atom. The molecular weight excluding hydrogens is 218 g/mol. The molecule has 90 valence electrons. The van der Waals surface area contributed by atoms with Gasteiger partial charge in [0.1, 0.15) is 0 Å². The molecule has 0 N–H and O–H groups in total. The number of esters is 1. The lowest BCUT2D eigenvalue weighted by Crippen LogP contribution is -2.41. The summed E-state index contributed by atoms with van der Waals surface area (Å²) in [5, 5.41) is 0. The van der Waals surface area contributed by atoms with E-state index in [1.54, 1.807) is 20.1 Å². The van der Waals surface area contributed by atoms with Gasteiger partial charge in [0.2, 0.25) is 5.96 Å². The zero-order chi connectivity index (χ0) is 12.4. The van der Waals surface area contributed by atoms with E-state index < -0.39 is 0 Å². The molecule has 0 unspecified atom stereocenters. The Labute approximate surface area is 100 Å². The molecule has 2 rings (SSSR count). The molecule has 5 nitrogen and oxygen atoms in total. The standard InChI is InChI=1S/C12H15N3O2/c1-4-17-11(16)10-8(2)14-12-13-6-5-7-15(12)9(10)3/h5-7,9H,4H2,1-3H3/t9-/m1/s1. The molecule has 2 aliphatic rings. The highest BCUT2D eigenvalue weighted by Gasteiger charge is 2.31. The van der Waals surface area contributed by atoms with Crippen LogP contribution in [0.3, 0.4) is 0 Å². The molecular formula is C12H15N3O2. The fourth-order valence-electron chi connectivity index (χ4n) is 1.94. The van der Waals surface area contributed by atoms with E-state index in [4.69, 9.17) is 4.74 Å². The van der Waals surface area contributed by atoms with E-state index in [1.165, 1.54) is 0 Å². The van der Waals surface area contributed by atoms with E-state index in [-0.39, 0.29) is 12.0 Å². The lowest BCUT2D eigenvalue weighted by molar-refractivity contribution is -0.139. The number of hydrogen-bond donors (Lipinski definition) is 0. The van der Waals surface area contributed by atoms with Crippen LogP contribution in [0.1, 0.15) is 20.8 Å². The van der Waals surface area contributed by atoms with E-state index in [0.717, 1.165) is 0 Å². The van der Waals surface area contributed by atoms with Crippen LogP contribution in [0.2, 0.25) is 0 Å². The first kappa shape index (κ1) is 11.6. The Morgan fingerprint density at radius 2 is 2.35 bits per heavy atom. The van der Waals surface area contributed by atoms with Crippen LogP contribution in [0, 0.1) is 0 Å². The van der Waals surface area contributed by atoms with Crippen molar-refractivity contribution in [1.82, 2.24) is 4.90 Å². The first-order chi connectivity index (χ1) is 8.15. The summed E-state index contributed by atoms with van der Waals surface area (Å²) in [6, 6.07) is -0.102. The van der Waals surface area contributed by atoms with E-state index in [0.29, 0.717) is 23.8 Å². The number of guanidine groups is 1. The monoisotopic (exact) mass is 233 g/mol. The SMILES string of the molecule is CCOC(=O)C1=C(C)N=C2N=CC=CN2[C@@H]1C. The number of aliphatic imine (C=N–C) groups is 2. The summed E-state index contributed by atoms with van der Waals surface area (Å²) in [6.07, 6.45) is 5.37. The molecule has 2 aliphatic heterocycles. The van der Waals surface area contributed by atoms with E-state index >= 15 is 0 Å². The van der Waals surface area contributed by atoms with Crippen LogP contribution in [0.4, 0.5) is 0 Å². The molecule has 0 spiro atoms. The molecule has 0 bridgehead atoms.